The number of halogens is 1. The number of amides is 2. The number of hydroxylamine groups is 2. The van der Waals surface area contributed by atoms with E-state index in [1.807, 2.05) is 0 Å². The van der Waals surface area contributed by atoms with Crippen molar-refractivity contribution in [1.29, 1.82) is 0 Å². The molecule has 0 aromatic heterocycles. The van der Waals surface area contributed by atoms with E-state index in [0.29, 0.717) is 0 Å². The first-order valence-electron chi connectivity index (χ1n) is 4.05. The summed E-state index contributed by atoms with van der Waals surface area (Å²) >= 11 is 3.21. The maximum atomic E-state index is 11.4. The van der Waals surface area contributed by atoms with Crippen LogP contribution >= 0.6 is 15.9 Å². The highest BCUT2D eigenvalue weighted by atomic mass is 79.9. The van der Waals surface area contributed by atoms with Gasteiger partial charge in [0.25, 0.3) is 5.91 Å². The highest BCUT2D eigenvalue weighted by molar-refractivity contribution is 9.10. The highest BCUT2D eigenvalue weighted by Gasteiger charge is 2.14. The third kappa shape index (κ3) is 3.34. The van der Waals surface area contributed by atoms with Gasteiger partial charge >= 0.3 is 0 Å². The molecule has 0 aliphatic carbocycles. The number of rotatable bonds is 3. The van der Waals surface area contributed by atoms with Crippen LogP contribution in [0.4, 0.5) is 0 Å². The van der Waals surface area contributed by atoms with Crippen molar-refractivity contribution in [3.8, 4) is 0 Å². The van der Waals surface area contributed by atoms with Crippen molar-refractivity contribution in [3.63, 3.8) is 0 Å². The molecule has 0 fully saturated rings. The van der Waals surface area contributed by atoms with Crippen LogP contribution in [0.5, 0.6) is 0 Å². The van der Waals surface area contributed by atoms with Crippen molar-refractivity contribution >= 4 is 27.7 Å². The summed E-state index contributed by atoms with van der Waals surface area (Å²) in [5.74, 6) is -1.44. The van der Waals surface area contributed by atoms with Crippen molar-refractivity contribution in [2.24, 2.45) is 5.73 Å². The first-order chi connectivity index (χ1) is 7.00. The third-order valence-electron chi connectivity index (χ3n) is 1.63. The van der Waals surface area contributed by atoms with Gasteiger partial charge in [0.05, 0.1) is 0 Å². The maximum absolute atomic E-state index is 11.4. The van der Waals surface area contributed by atoms with Gasteiger partial charge in [-0.2, -0.15) is 0 Å². The van der Waals surface area contributed by atoms with Crippen molar-refractivity contribution in [3.05, 3.63) is 34.3 Å². The molecular weight excluding hydrogens is 264 g/mol. The van der Waals surface area contributed by atoms with Gasteiger partial charge in [-0.1, -0.05) is 15.9 Å². The van der Waals surface area contributed by atoms with Crippen molar-refractivity contribution in [2.45, 2.75) is 0 Å². The van der Waals surface area contributed by atoms with Crippen LogP contribution in [0.15, 0.2) is 28.7 Å². The molecule has 0 spiro atoms. The minimum absolute atomic E-state index is 0.280. The maximum Gasteiger partial charge on any atom is 0.277 e. The van der Waals surface area contributed by atoms with Crippen LogP contribution in [0.1, 0.15) is 10.4 Å². The number of benzene rings is 1. The van der Waals surface area contributed by atoms with Gasteiger partial charge in [-0.3, -0.25) is 14.8 Å². The Kier molecular flexibility index (Phi) is 3.81. The molecule has 3 N–H and O–H groups in total. The van der Waals surface area contributed by atoms with E-state index < -0.39 is 18.4 Å². The standard InChI is InChI=1S/C9H9BrN2O3/c10-7-3-1-6(2-4-7)9(14)12(15)5-8(11)13/h1-4,15H,5H2,(H2,11,13). The predicted octanol–water partition coefficient (Wildman–Crippen LogP) is 0.766. The molecule has 80 valence electrons. The van der Waals surface area contributed by atoms with E-state index in [0.717, 1.165) is 4.47 Å². The van der Waals surface area contributed by atoms with Gasteiger partial charge in [-0.05, 0) is 24.3 Å². The average molecular weight is 273 g/mol. The molecule has 1 aromatic carbocycles. The molecule has 1 rings (SSSR count). The van der Waals surface area contributed by atoms with Crippen LogP contribution < -0.4 is 5.73 Å². The Morgan fingerprint density at radius 1 is 1.33 bits per heavy atom. The van der Waals surface area contributed by atoms with Gasteiger partial charge in [0.15, 0.2) is 0 Å². The quantitative estimate of drug-likeness (QED) is 0.630. The van der Waals surface area contributed by atoms with Crippen LogP contribution in [0.3, 0.4) is 0 Å². The summed E-state index contributed by atoms with van der Waals surface area (Å²) in [6, 6.07) is 6.37. The van der Waals surface area contributed by atoms with Gasteiger partial charge < -0.3 is 5.73 Å². The second-order valence-corrected chi connectivity index (χ2v) is 3.75. The molecule has 15 heavy (non-hydrogen) atoms. The molecule has 0 bridgehead atoms. The van der Waals surface area contributed by atoms with E-state index in [-0.39, 0.29) is 10.6 Å². The molecule has 0 unspecified atom stereocenters. The minimum atomic E-state index is -0.775. The molecule has 2 amide bonds. The second-order valence-electron chi connectivity index (χ2n) is 2.84. The Morgan fingerprint density at radius 3 is 2.33 bits per heavy atom. The van der Waals surface area contributed by atoms with E-state index >= 15 is 0 Å². The lowest BCUT2D eigenvalue weighted by molar-refractivity contribution is -0.127. The molecule has 0 saturated heterocycles. The van der Waals surface area contributed by atoms with Crippen LogP contribution in [-0.4, -0.2) is 28.6 Å². The van der Waals surface area contributed by atoms with Gasteiger partial charge in [-0.25, -0.2) is 5.06 Å². The lowest BCUT2D eigenvalue weighted by Crippen LogP contribution is -2.35. The number of hydrogen-bond donors (Lipinski definition) is 2. The Bertz CT molecular complexity index is 377. The highest BCUT2D eigenvalue weighted by Crippen LogP contribution is 2.11. The number of hydrogen-bond acceptors (Lipinski definition) is 3. The van der Waals surface area contributed by atoms with Crippen LogP contribution in [0, 0.1) is 0 Å². The zero-order valence-corrected chi connectivity index (χ0v) is 9.27. The molecular formula is C9H9BrN2O3. The van der Waals surface area contributed by atoms with Crippen LogP contribution in [-0.2, 0) is 4.79 Å². The Balaban J connectivity index is 2.76. The number of nitrogens with two attached hydrogens (primary N) is 1. The smallest absolute Gasteiger partial charge is 0.277 e. The third-order valence-corrected chi connectivity index (χ3v) is 2.16. The van der Waals surface area contributed by atoms with E-state index in [4.69, 9.17) is 5.73 Å². The molecule has 0 heterocycles. The molecule has 0 aliphatic rings. The van der Waals surface area contributed by atoms with E-state index in [2.05, 4.69) is 15.9 Å². The first-order valence-corrected chi connectivity index (χ1v) is 4.84. The van der Waals surface area contributed by atoms with E-state index in [9.17, 15) is 14.8 Å². The number of nitrogens with zero attached hydrogens (tertiary/aromatic N) is 1. The monoisotopic (exact) mass is 272 g/mol. The summed E-state index contributed by atoms with van der Waals surface area (Å²) < 4.78 is 0.818. The average Bonchev–Trinajstić information content (AvgIpc) is 2.17. The fourth-order valence-corrected chi connectivity index (χ4v) is 1.23. The van der Waals surface area contributed by atoms with E-state index in [1.165, 1.54) is 12.1 Å². The van der Waals surface area contributed by atoms with Crippen LogP contribution in [0.2, 0.25) is 0 Å². The minimum Gasteiger partial charge on any atom is -0.368 e. The summed E-state index contributed by atoms with van der Waals surface area (Å²) in [4.78, 5) is 21.9. The molecule has 1 aromatic rings. The molecule has 6 heteroatoms. The normalized spacial score (nSPS) is 9.73. The van der Waals surface area contributed by atoms with Gasteiger partial charge in [0, 0.05) is 10.0 Å². The SMILES string of the molecule is NC(=O)CN(O)C(=O)c1ccc(Br)cc1. The molecule has 0 atom stereocenters. The molecule has 0 saturated carbocycles. The zero-order chi connectivity index (χ0) is 11.4. The first kappa shape index (κ1) is 11.7. The summed E-state index contributed by atoms with van der Waals surface area (Å²) in [6.07, 6.45) is 0. The van der Waals surface area contributed by atoms with Crippen molar-refractivity contribution in [2.75, 3.05) is 6.54 Å². The van der Waals surface area contributed by atoms with Gasteiger partial charge in [0.1, 0.15) is 6.54 Å². The number of carbonyl (C=O) groups excluding carboxylic acids is 2. The summed E-state index contributed by atoms with van der Waals surface area (Å²) in [7, 11) is 0. The Morgan fingerprint density at radius 2 is 1.87 bits per heavy atom. The fourth-order valence-electron chi connectivity index (χ4n) is 0.961. The number of carbonyl (C=O) groups is 2. The summed E-state index contributed by atoms with van der Waals surface area (Å²) in [6.45, 7) is -0.519. The lowest BCUT2D eigenvalue weighted by Gasteiger charge is -2.12. The topological polar surface area (TPSA) is 83.6 Å². The zero-order valence-electron chi connectivity index (χ0n) is 7.68. The largest absolute Gasteiger partial charge is 0.368 e. The van der Waals surface area contributed by atoms with Crippen molar-refractivity contribution < 1.29 is 14.8 Å². The summed E-state index contributed by atoms with van der Waals surface area (Å²) in [5, 5.41) is 9.47. The Hall–Kier alpha value is -1.40. The summed E-state index contributed by atoms with van der Waals surface area (Å²) in [5.41, 5.74) is 5.11. The van der Waals surface area contributed by atoms with Gasteiger partial charge in [-0.15, -0.1) is 0 Å². The van der Waals surface area contributed by atoms with Gasteiger partial charge in [0.2, 0.25) is 5.91 Å². The molecule has 5 nitrogen and oxygen atoms in total. The van der Waals surface area contributed by atoms with Crippen molar-refractivity contribution in [1.82, 2.24) is 5.06 Å². The molecule has 0 aliphatic heterocycles. The number of primary amides is 1. The predicted molar refractivity (Wildman–Crippen MR) is 56.2 cm³/mol. The second kappa shape index (κ2) is 4.90. The van der Waals surface area contributed by atoms with E-state index in [1.54, 1.807) is 12.1 Å². The Labute approximate surface area is 94.6 Å². The fraction of sp³-hybridized carbons (Fsp3) is 0.111. The van der Waals surface area contributed by atoms with Crippen LogP contribution in [0.25, 0.3) is 0 Å². The lowest BCUT2D eigenvalue weighted by atomic mass is 10.2. The molecule has 0 radical (unpaired) electrons.